The van der Waals surface area contributed by atoms with Gasteiger partial charge in [0.1, 0.15) is 17.0 Å². The summed E-state index contributed by atoms with van der Waals surface area (Å²) in [4.78, 5) is 23.6. The minimum Gasteiger partial charge on any atom is -0.373 e. The number of primary amides is 1. The van der Waals surface area contributed by atoms with Gasteiger partial charge in [-0.05, 0) is 32.1 Å². The van der Waals surface area contributed by atoms with Crippen LogP contribution in [0.15, 0.2) is 36.8 Å². The van der Waals surface area contributed by atoms with Crippen molar-refractivity contribution in [1.82, 2.24) is 29.0 Å². The second kappa shape index (κ2) is 6.56. The lowest BCUT2D eigenvalue weighted by Gasteiger charge is -2.13. The molecule has 0 aromatic carbocycles. The van der Waals surface area contributed by atoms with Gasteiger partial charge in [-0.2, -0.15) is 9.61 Å². The first-order chi connectivity index (χ1) is 14.1. The van der Waals surface area contributed by atoms with Crippen LogP contribution in [0.3, 0.4) is 0 Å². The van der Waals surface area contributed by atoms with Gasteiger partial charge in [-0.15, -0.1) is 0 Å². The molecule has 4 aromatic heterocycles. The van der Waals surface area contributed by atoms with Gasteiger partial charge in [0.2, 0.25) is 0 Å². The molecule has 1 atom stereocenters. The summed E-state index contributed by atoms with van der Waals surface area (Å²) < 4.78 is 3.84. The van der Waals surface area contributed by atoms with Gasteiger partial charge in [0, 0.05) is 49.0 Å². The summed E-state index contributed by atoms with van der Waals surface area (Å²) >= 11 is 0. The van der Waals surface area contributed by atoms with Crippen molar-refractivity contribution in [1.29, 1.82) is 0 Å². The number of anilines is 1. The standard InChI is InChI=1S/C20H22N8O/c1-22-17-8-16(25-20-14(18(21)29)9-24-28(17)20)15-11-27(12-5-7-26(2)10-12)19-13(15)4-3-6-23-19/h3-4,6,8-9,11-12,22H,5,7,10H2,1-2H3,(H2,21,29). The van der Waals surface area contributed by atoms with Crippen LogP contribution in [0.5, 0.6) is 0 Å². The van der Waals surface area contributed by atoms with E-state index in [1.165, 1.54) is 6.20 Å². The lowest BCUT2D eigenvalue weighted by atomic mass is 10.1. The van der Waals surface area contributed by atoms with E-state index in [1.54, 1.807) is 4.52 Å². The number of hydrogen-bond acceptors (Lipinski definition) is 6. The average molecular weight is 390 g/mol. The van der Waals surface area contributed by atoms with E-state index in [9.17, 15) is 4.79 Å². The molecular weight excluding hydrogens is 368 g/mol. The molecule has 4 aromatic rings. The van der Waals surface area contributed by atoms with Crippen LogP contribution in [0.2, 0.25) is 0 Å². The fraction of sp³-hybridized carbons (Fsp3) is 0.300. The summed E-state index contributed by atoms with van der Waals surface area (Å²) in [5, 5.41) is 8.41. The SMILES string of the molecule is CNc1cc(-c2cn(C3CCN(C)C3)c3ncccc23)nc2c(C(N)=O)cnn12. The zero-order valence-corrected chi connectivity index (χ0v) is 16.3. The molecule has 1 fully saturated rings. The first kappa shape index (κ1) is 17.6. The van der Waals surface area contributed by atoms with Crippen molar-refractivity contribution in [3.8, 4) is 11.3 Å². The fourth-order valence-corrected chi connectivity index (χ4v) is 4.16. The van der Waals surface area contributed by atoms with Crippen LogP contribution in [0, 0.1) is 0 Å². The van der Waals surface area contributed by atoms with Crippen molar-refractivity contribution in [3.63, 3.8) is 0 Å². The number of rotatable bonds is 4. The van der Waals surface area contributed by atoms with Gasteiger partial charge in [-0.3, -0.25) is 4.79 Å². The Kier molecular flexibility index (Phi) is 3.99. The second-order valence-corrected chi connectivity index (χ2v) is 7.46. The molecule has 148 valence electrons. The summed E-state index contributed by atoms with van der Waals surface area (Å²) in [6.07, 6.45) is 6.48. The van der Waals surface area contributed by atoms with Crippen LogP contribution in [0.25, 0.3) is 27.9 Å². The zero-order chi connectivity index (χ0) is 20.1. The summed E-state index contributed by atoms with van der Waals surface area (Å²) in [5.41, 5.74) is 8.91. The predicted octanol–water partition coefficient (Wildman–Crippen LogP) is 1.76. The third-order valence-corrected chi connectivity index (χ3v) is 5.62. The van der Waals surface area contributed by atoms with Gasteiger partial charge in [0.15, 0.2) is 5.65 Å². The number of aromatic nitrogens is 5. The number of likely N-dealkylation sites (tertiary alicyclic amines) is 1. The smallest absolute Gasteiger partial charge is 0.254 e. The van der Waals surface area contributed by atoms with Gasteiger partial charge in [0.25, 0.3) is 5.91 Å². The second-order valence-electron chi connectivity index (χ2n) is 7.46. The highest BCUT2D eigenvalue weighted by atomic mass is 16.1. The third-order valence-electron chi connectivity index (χ3n) is 5.62. The number of nitrogens with one attached hydrogen (secondary N) is 1. The molecule has 1 aliphatic rings. The molecule has 9 heteroatoms. The number of pyridine rings is 1. The van der Waals surface area contributed by atoms with E-state index < -0.39 is 5.91 Å². The maximum Gasteiger partial charge on any atom is 0.254 e. The molecule has 0 bridgehead atoms. The first-order valence-electron chi connectivity index (χ1n) is 9.57. The van der Waals surface area contributed by atoms with Crippen LogP contribution < -0.4 is 11.1 Å². The molecule has 1 unspecified atom stereocenters. The highest BCUT2D eigenvalue weighted by Gasteiger charge is 2.25. The molecule has 5 rings (SSSR count). The Morgan fingerprint density at radius 1 is 1.34 bits per heavy atom. The fourth-order valence-electron chi connectivity index (χ4n) is 4.16. The summed E-state index contributed by atoms with van der Waals surface area (Å²) in [6.45, 7) is 2.06. The van der Waals surface area contributed by atoms with Gasteiger partial charge in [0.05, 0.1) is 11.9 Å². The number of likely N-dealkylation sites (N-methyl/N-ethyl adjacent to an activating group) is 1. The van der Waals surface area contributed by atoms with Crippen molar-refractivity contribution < 1.29 is 4.79 Å². The number of fused-ring (bicyclic) bond motifs is 2. The average Bonchev–Trinajstić information content (AvgIpc) is 3.43. The van der Waals surface area contributed by atoms with Crippen LogP contribution in [0.4, 0.5) is 5.82 Å². The van der Waals surface area contributed by atoms with Crippen molar-refractivity contribution >= 4 is 28.4 Å². The quantitative estimate of drug-likeness (QED) is 0.550. The van der Waals surface area contributed by atoms with E-state index in [1.807, 2.05) is 25.4 Å². The molecule has 0 aliphatic carbocycles. The monoisotopic (exact) mass is 390 g/mol. The number of nitrogens with two attached hydrogens (primary N) is 1. The third kappa shape index (κ3) is 2.73. The molecule has 1 amide bonds. The maximum atomic E-state index is 11.8. The van der Waals surface area contributed by atoms with Crippen molar-refractivity contribution in [2.75, 3.05) is 32.5 Å². The van der Waals surface area contributed by atoms with E-state index in [2.05, 4.69) is 44.2 Å². The van der Waals surface area contributed by atoms with Crippen LogP contribution in [0.1, 0.15) is 22.8 Å². The largest absolute Gasteiger partial charge is 0.373 e. The summed E-state index contributed by atoms with van der Waals surface area (Å²) in [6, 6.07) is 6.29. The molecule has 3 N–H and O–H groups in total. The Morgan fingerprint density at radius 2 is 2.21 bits per heavy atom. The predicted molar refractivity (Wildman–Crippen MR) is 111 cm³/mol. The van der Waals surface area contributed by atoms with Crippen LogP contribution in [-0.2, 0) is 0 Å². The molecular formula is C20H22N8O. The Bertz CT molecular complexity index is 1240. The van der Waals surface area contributed by atoms with Crippen molar-refractivity contribution in [2.24, 2.45) is 5.73 Å². The minimum absolute atomic E-state index is 0.294. The van der Waals surface area contributed by atoms with E-state index in [0.29, 0.717) is 17.3 Å². The molecule has 1 aliphatic heterocycles. The lowest BCUT2D eigenvalue weighted by molar-refractivity contribution is 0.100. The van der Waals surface area contributed by atoms with Crippen LogP contribution in [-0.4, -0.2) is 62.1 Å². The van der Waals surface area contributed by atoms with Crippen molar-refractivity contribution in [2.45, 2.75) is 12.5 Å². The Morgan fingerprint density at radius 3 is 2.93 bits per heavy atom. The number of carbonyl (C=O) groups is 1. The highest BCUT2D eigenvalue weighted by molar-refractivity contribution is 6.00. The topological polar surface area (TPSA) is 106 Å². The molecule has 9 nitrogen and oxygen atoms in total. The number of hydrogen-bond donors (Lipinski definition) is 2. The van der Waals surface area contributed by atoms with Gasteiger partial charge in [-0.25, -0.2) is 9.97 Å². The normalized spacial score (nSPS) is 17.4. The lowest BCUT2D eigenvalue weighted by Crippen LogP contribution is -2.16. The minimum atomic E-state index is -0.551. The first-order valence-corrected chi connectivity index (χ1v) is 9.57. The van der Waals surface area contributed by atoms with Crippen LogP contribution >= 0.6 is 0 Å². The summed E-state index contributed by atoms with van der Waals surface area (Å²) in [5.74, 6) is 0.174. The Labute approximate surface area is 167 Å². The van der Waals surface area contributed by atoms with Crippen molar-refractivity contribution in [3.05, 3.63) is 42.4 Å². The summed E-state index contributed by atoms with van der Waals surface area (Å²) in [7, 11) is 3.95. The van der Waals surface area contributed by atoms with Gasteiger partial charge < -0.3 is 20.5 Å². The van der Waals surface area contributed by atoms with E-state index in [4.69, 9.17) is 10.7 Å². The van der Waals surface area contributed by atoms with E-state index in [-0.39, 0.29) is 0 Å². The Balaban J connectivity index is 1.74. The molecule has 29 heavy (non-hydrogen) atoms. The van der Waals surface area contributed by atoms with E-state index in [0.717, 1.165) is 47.6 Å². The zero-order valence-electron chi connectivity index (χ0n) is 16.3. The highest BCUT2D eigenvalue weighted by Crippen LogP contribution is 2.34. The molecule has 0 saturated carbocycles. The van der Waals surface area contributed by atoms with Gasteiger partial charge >= 0.3 is 0 Å². The number of nitrogens with zero attached hydrogens (tertiary/aromatic N) is 6. The molecule has 0 radical (unpaired) electrons. The molecule has 5 heterocycles. The van der Waals surface area contributed by atoms with E-state index >= 15 is 0 Å². The molecule has 0 spiro atoms. The maximum absolute atomic E-state index is 11.8. The number of amides is 1. The Hall–Kier alpha value is -3.46. The number of carbonyl (C=O) groups excluding carboxylic acids is 1. The molecule has 1 saturated heterocycles. The van der Waals surface area contributed by atoms with Gasteiger partial charge in [-0.1, -0.05) is 0 Å².